The third-order valence-corrected chi connectivity index (χ3v) is 6.71. The molecule has 1 aliphatic heterocycles. The second kappa shape index (κ2) is 9.62. The number of rotatable bonds is 8. The van der Waals surface area contributed by atoms with Crippen molar-refractivity contribution >= 4 is 15.8 Å². The van der Waals surface area contributed by atoms with E-state index < -0.39 is 37.7 Å². The molecule has 3 rings (SSSR count). The van der Waals surface area contributed by atoms with E-state index in [0.29, 0.717) is 24.9 Å². The number of nitrogens with zero attached hydrogens (tertiary/aromatic N) is 2. The van der Waals surface area contributed by atoms with Crippen LogP contribution in [0.1, 0.15) is 58.7 Å². The van der Waals surface area contributed by atoms with Crippen LogP contribution < -0.4 is 9.46 Å². The molecular weight excluding hydrogens is 487 g/mol. The van der Waals surface area contributed by atoms with Crippen LogP contribution in [-0.4, -0.2) is 48.2 Å². The minimum Gasteiger partial charge on any atom is -0.489 e. The van der Waals surface area contributed by atoms with E-state index in [1.165, 1.54) is 18.5 Å². The number of alkyl halides is 3. The first kappa shape index (κ1) is 27.3. The Morgan fingerprint density at radius 3 is 2.43 bits per heavy atom. The lowest BCUT2D eigenvalue weighted by atomic mass is 9.92. The van der Waals surface area contributed by atoms with Gasteiger partial charge in [-0.25, -0.2) is 13.1 Å². The first-order chi connectivity index (χ1) is 16.0. The van der Waals surface area contributed by atoms with E-state index in [1.807, 2.05) is 20.8 Å². The Kier molecular flexibility index (Phi) is 7.50. The van der Waals surface area contributed by atoms with Crippen molar-refractivity contribution in [3.8, 4) is 5.75 Å². The molecule has 2 aromatic rings. The Morgan fingerprint density at radius 2 is 1.89 bits per heavy atom. The highest BCUT2D eigenvalue weighted by Crippen LogP contribution is 2.36. The maximum absolute atomic E-state index is 13.4. The predicted octanol–water partition coefficient (Wildman–Crippen LogP) is 4.33. The van der Waals surface area contributed by atoms with Gasteiger partial charge in [-0.05, 0) is 44.9 Å². The van der Waals surface area contributed by atoms with Crippen molar-refractivity contribution in [2.45, 2.75) is 82.2 Å². The second-order valence-electron chi connectivity index (χ2n) is 10.3. The molecule has 0 aliphatic carbocycles. The summed E-state index contributed by atoms with van der Waals surface area (Å²) in [6.07, 6.45) is -3.24. The molecule has 0 saturated carbocycles. The van der Waals surface area contributed by atoms with E-state index in [0.717, 1.165) is 25.0 Å². The summed E-state index contributed by atoms with van der Waals surface area (Å²) in [6.45, 7) is 9.18. The molecule has 8 nitrogen and oxygen atoms in total. The number of nitrogens with one attached hydrogen (secondary N) is 1. The van der Waals surface area contributed by atoms with Crippen molar-refractivity contribution in [1.82, 2.24) is 9.78 Å². The number of sulfonamides is 1. The Bertz CT molecular complexity index is 1140. The fourth-order valence-electron chi connectivity index (χ4n) is 3.45. The molecule has 1 fully saturated rings. The van der Waals surface area contributed by atoms with E-state index in [2.05, 4.69) is 9.82 Å². The number of hydrogen-bond acceptors (Lipinski definition) is 6. The van der Waals surface area contributed by atoms with Crippen molar-refractivity contribution in [2.24, 2.45) is 0 Å². The predicted molar refractivity (Wildman–Crippen MR) is 124 cm³/mol. The molecule has 1 aliphatic rings. The van der Waals surface area contributed by atoms with Gasteiger partial charge in [-0.1, -0.05) is 20.8 Å². The highest BCUT2D eigenvalue weighted by atomic mass is 32.2. The Morgan fingerprint density at radius 1 is 1.20 bits per heavy atom. The number of ether oxygens (including phenoxy) is 2. The molecule has 196 valence electrons. The molecule has 1 aromatic carbocycles. The average molecular weight is 520 g/mol. The topological polar surface area (TPSA) is 103 Å². The van der Waals surface area contributed by atoms with Gasteiger partial charge in [-0.15, -0.1) is 0 Å². The second-order valence-corrected chi connectivity index (χ2v) is 12.0. The Hall–Kier alpha value is -2.31. The molecule has 1 aromatic heterocycles. The maximum Gasteiger partial charge on any atom is 0.416 e. The fraction of sp³-hybridized carbons (Fsp3) is 0.609. The van der Waals surface area contributed by atoms with Crippen molar-refractivity contribution < 1.29 is 36.2 Å². The van der Waals surface area contributed by atoms with E-state index in [1.54, 1.807) is 6.07 Å². The minimum absolute atomic E-state index is 0.108. The van der Waals surface area contributed by atoms with Gasteiger partial charge < -0.3 is 14.6 Å². The van der Waals surface area contributed by atoms with Crippen LogP contribution in [0, 0.1) is 0 Å². The van der Waals surface area contributed by atoms with Crippen LogP contribution in [-0.2, 0) is 32.9 Å². The number of aliphatic hydroxyl groups is 1. The number of anilines is 1. The van der Waals surface area contributed by atoms with Crippen LogP contribution in [0.2, 0.25) is 0 Å². The Balaban J connectivity index is 2.03. The molecule has 2 N–H and O–H groups in total. The molecule has 35 heavy (non-hydrogen) atoms. The first-order valence-corrected chi connectivity index (χ1v) is 12.7. The minimum atomic E-state index is -4.76. The van der Waals surface area contributed by atoms with Gasteiger partial charge >= 0.3 is 6.18 Å². The summed E-state index contributed by atoms with van der Waals surface area (Å²) in [5.74, 6) is -0.204. The van der Waals surface area contributed by atoms with Gasteiger partial charge in [-0.2, -0.15) is 18.3 Å². The molecule has 0 radical (unpaired) electrons. The third kappa shape index (κ3) is 7.11. The standard InChI is InChI=1S/C23H32F3N3O5S/c1-21(2,3)19-12-20(29(27-19)13-16-7-6-10-33-16)28-35(31,32)18-11-15(23(24,25)26)8-9-17(18)34-14-22(4,5)30/h8-9,11-12,16,28,30H,6-7,10,13-14H2,1-5H3/t16-/m1/s1. The summed E-state index contributed by atoms with van der Waals surface area (Å²) in [4.78, 5) is -0.696. The van der Waals surface area contributed by atoms with Crippen LogP contribution in [0.25, 0.3) is 0 Å². The molecule has 1 saturated heterocycles. The van der Waals surface area contributed by atoms with Crippen molar-refractivity contribution in [3.63, 3.8) is 0 Å². The van der Waals surface area contributed by atoms with E-state index in [4.69, 9.17) is 9.47 Å². The van der Waals surface area contributed by atoms with Crippen LogP contribution >= 0.6 is 0 Å². The molecule has 0 spiro atoms. The smallest absolute Gasteiger partial charge is 0.416 e. The average Bonchev–Trinajstić information content (AvgIpc) is 3.35. The van der Waals surface area contributed by atoms with Gasteiger partial charge in [0, 0.05) is 18.1 Å². The SMILES string of the molecule is CC(C)(O)COc1ccc(C(F)(F)F)cc1S(=O)(=O)Nc1cc(C(C)(C)C)nn1C[C@H]1CCCO1. The summed E-state index contributed by atoms with van der Waals surface area (Å²) in [7, 11) is -4.54. The van der Waals surface area contributed by atoms with Crippen molar-refractivity contribution in [2.75, 3.05) is 17.9 Å². The largest absolute Gasteiger partial charge is 0.489 e. The van der Waals surface area contributed by atoms with Crippen LogP contribution in [0.15, 0.2) is 29.2 Å². The summed E-state index contributed by atoms with van der Waals surface area (Å²) in [5, 5.41) is 14.5. The van der Waals surface area contributed by atoms with Gasteiger partial charge in [0.2, 0.25) is 0 Å². The maximum atomic E-state index is 13.4. The molecule has 1 atom stereocenters. The summed E-state index contributed by atoms with van der Waals surface area (Å²) in [6, 6.07) is 3.76. The number of benzene rings is 1. The zero-order valence-electron chi connectivity index (χ0n) is 20.4. The normalized spacial score (nSPS) is 17.6. The van der Waals surface area contributed by atoms with Crippen molar-refractivity contribution in [1.29, 1.82) is 0 Å². The summed E-state index contributed by atoms with van der Waals surface area (Å²) in [5.41, 5.74) is -2.27. The number of hydrogen-bond donors (Lipinski definition) is 2. The van der Waals surface area contributed by atoms with Crippen LogP contribution in [0.4, 0.5) is 19.0 Å². The highest BCUT2D eigenvalue weighted by Gasteiger charge is 2.34. The van der Waals surface area contributed by atoms with E-state index in [9.17, 15) is 26.7 Å². The molecule has 2 heterocycles. The van der Waals surface area contributed by atoms with E-state index in [-0.39, 0.29) is 24.3 Å². The molecule has 0 bridgehead atoms. The van der Waals surface area contributed by atoms with Gasteiger partial charge in [0.25, 0.3) is 10.0 Å². The third-order valence-electron chi connectivity index (χ3n) is 5.33. The summed E-state index contributed by atoms with van der Waals surface area (Å²) < 4.78 is 81.9. The van der Waals surface area contributed by atoms with Crippen LogP contribution in [0.5, 0.6) is 5.75 Å². The highest BCUT2D eigenvalue weighted by molar-refractivity contribution is 7.92. The molecule has 12 heteroatoms. The lowest BCUT2D eigenvalue weighted by Crippen LogP contribution is -2.28. The van der Waals surface area contributed by atoms with Gasteiger partial charge in [-0.3, -0.25) is 4.72 Å². The van der Waals surface area contributed by atoms with Crippen molar-refractivity contribution in [3.05, 3.63) is 35.5 Å². The lowest BCUT2D eigenvalue weighted by molar-refractivity contribution is -0.137. The first-order valence-electron chi connectivity index (χ1n) is 11.2. The van der Waals surface area contributed by atoms with Gasteiger partial charge in [0.05, 0.1) is 29.5 Å². The monoisotopic (exact) mass is 519 g/mol. The Labute approximate surface area is 203 Å². The fourth-order valence-corrected chi connectivity index (χ4v) is 4.67. The quantitative estimate of drug-likeness (QED) is 0.538. The number of halogens is 3. The van der Waals surface area contributed by atoms with Gasteiger partial charge in [0.1, 0.15) is 23.1 Å². The van der Waals surface area contributed by atoms with Gasteiger partial charge in [0.15, 0.2) is 0 Å². The molecule has 0 amide bonds. The summed E-state index contributed by atoms with van der Waals surface area (Å²) >= 11 is 0. The zero-order chi connectivity index (χ0) is 26.2. The van der Waals surface area contributed by atoms with E-state index >= 15 is 0 Å². The van der Waals surface area contributed by atoms with Crippen LogP contribution in [0.3, 0.4) is 0 Å². The molecular formula is C23H32F3N3O5S. The molecule has 0 unspecified atom stereocenters. The number of aromatic nitrogens is 2. The zero-order valence-corrected chi connectivity index (χ0v) is 21.3. The lowest BCUT2D eigenvalue weighted by Gasteiger charge is -2.21.